The summed E-state index contributed by atoms with van der Waals surface area (Å²) in [5, 5.41) is 15.2. The zero-order valence-corrected chi connectivity index (χ0v) is 12.9. The fourth-order valence-corrected chi connectivity index (χ4v) is 3.96. The number of nitrogens with zero attached hydrogens (tertiary/aromatic N) is 4. The van der Waals surface area contributed by atoms with Crippen LogP contribution in [0.25, 0.3) is 4.83 Å². The van der Waals surface area contributed by atoms with Crippen LogP contribution in [0.15, 0.2) is 24.9 Å². The molecule has 1 unspecified atom stereocenters. The van der Waals surface area contributed by atoms with Gasteiger partial charge in [-0.25, -0.2) is 4.98 Å². The molecule has 3 aromatic rings. The van der Waals surface area contributed by atoms with Gasteiger partial charge in [0.15, 0.2) is 0 Å². The largest absolute Gasteiger partial charge is 0.382 e. The molecule has 1 aliphatic rings. The minimum atomic E-state index is -0.643. The third-order valence-corrected chi connectivity index (χ3v) is 5.28. The standard InChI is InChI=1S/C15H18N4OS/c1-9(2)19-7-11(5-17-19)14(20)13-15(10-3-4-10)21-12-6-16-8-18(12)13/h5-10,14,20H,3-4H2,1-2H3. The molecule has 3 aromatic heterocycles. The zero-order chi connectivity index (χ0) is 14.6. The first-order valence-corrected chi connectivity index (χ1v) is 8.13. The molecule has 0 radical (unpaired) electrons. The van der Waals surface area contributed by atoms with E-state index in [1.165, 1.54) is 17.7 Å². The first kappa shape index (κ1) is 13.0. The summed E-state index contributed by atoms with van der Waals surface area (Å²) >= 11 is 1.75. The van der Waals surface area contributed by atoms with Gasteiger partial charge in [0.1, 0.15) is 17.3 Å². The van der Waals surface area contributed by atoms with Crippen LogP contribution >= 0.6 is 11.3 Å². The summed E-state index contributed by atoms with van der Waals surface area (Å²) < 4.78 is 3.91. The molecule has 1 N–H and O–H groups in total. The van der Waals surface area contributed by atoms with Gasteiger partial charge in [-0.3, -0.25) is 9.08 Å². The summed E-state index contributed by atoms with van der Waals surface area (Å²) in [7, 11) is 0. The molecule has 0 spiro atoms. The summed E-state index contributed by atoms with van der Waals surface area (Å²) in [4.78, 5) is 6.60. The Bertz CT molecular complexity index is 781. The Balaban J connectivity index is 1.80. The third kappa shape index (κ3) is 2.10. The molecule has 4 rings (SSSR count). The summed E-state index contributed by atoms with van der Waals surface area (Å²) in [5.74, 6) is 0.611. The van der Waals surface area contributed by atoms with Gasteiger partial charge in [0.05, 0.1) is 18.1 Å². The smallest absolute Gasteiger partial charge is 0.124 e. The Labute approximate surface area is 126 Å². The molecule has 1 saturated carbocycles. The van der Waals surface area contributed by atoms with Gasteiger partial charge in [0.2, 0.25) is 0 Å². The Morgan fingerprint density at radius 3 is 2.81 bits per heavy atom. The normalized spacial score (nSPS) is 17.0. The Morgan fingerprint density at radius 1 is 1.33 bits per heavy atom. The van der Waals surface area contributed by atoms with Gasteiger partial charge in [-0.2, -0.15) is 5.10 Å². The van der Waals surface area contributed by atoms with Gasteiger partial charge in [0, 0.05) is 22.7 Å². The molecule has 0 bridgehead atoms. The first-order valence-electron chi connectivity index (χ1n) is 7.32. The summed E-state index contributed by atoms with van der Waals surface area (Å²) in [6, 6.07) is 0.296. The fourth-order valence-electron chi connectivity index (χ4n) is 2.66. The van der Waals surface area contributed by atoms with Crippen molar-refractivity contribution in [2.75, 3.05) is 0 Å². The maximum absolute atomic E-state index is 10.9. The van der Waals surface area contributed by atoms with E-state index in [9.17, 15) is 5.11 Å². The number of aliphatic hydroxyl groups is 1. The molecule has 0 aromatic carbocycles. The minimum Gasteiger partial charge on any atom is -0.382 e. The van der Waals surface area contributed by atoms with Crippen molar-refractivity contribution >= 4 is 16.2 Å². The molecule has 21 heavy (non-hydrogen) atoms. The predicted molar refractivity (Wildman–Crippen MR) is 81.7 cm³/mol. The van der Waals surface area contributed by atoms with Crippen LogP contribution in [-0.4, -0.2) is 24.3 Å². The summed E-state index contributed by atoms with van der Waals surface area (Å²) in [5.41, 5.74) is 1.82. The van der Waals surface area contributed by atoms with E-state index in [2.05, 4.69) is 23.9 Å². The summed E-state index contributed by atoms with van der Waals surface area (Å²) in [6.45, 7) is 4.16. The monoisotopic (exact) mass is 302 g/mol. The van der Waals surface area contributed by atoms with Crippen molar-refractivity contribution in [3.8, 4) is 0 Å². The van der Waals surface area contributed by atoms with Gasteiger partial charge >= 0.3 is 0 Å². The fraction of sp³-hybridized carbons (Fsp3) is 0.467. The lowest BCUT2D eigenvalue weighted by Gasteiger charge is -2.11. The van der Waals surface area contributed by atoms with Crippen LogP contribution in [0.1, 0.15) is 60.9 Å². The average molecular weight is 302 g/mol. The van der Waals surface area contributed by atoms with Gasteiger partial charge in [0.25, 0.3) is 0 Å². The number of hydrogen-bond donors (Lipinski definition) is 1. The van der Waals surface area contributed by atoms with Crippen molar-refractivity contribution in [3.05, 3.63) is 41.1 Å². The van der Waals surface area contributed by atoms with E-state index in [0.717, 1.165) is 16.1 Å². The maximum Gasteiger partial charge on any atom is 0.124 e. The second kappa shape index (κ2) is 4.68. The number of fused-ring (bicyclic) bond motifs is 1. The van der Waals surface area contributed by atoms with Crippen LogP contribution in [0.2, 0.25) is 0 Å². The molecule has 1 aliphatic carbocycles. The lowest BCUT2D eigenvalue weighted by Crippen LogP contribution is -2.05. The van der Waals surface area contributed by atoms with Crippen LogP contribution in [0.4, 0.5) is 0 Å². The molecule has 1 atom stereocenters. The molecule has 1 fully saturated rings. The lowest BCUT2D eigenvalue weighted by atomic mass is 10.1. The van der Waals surface area contributed by atoms with Crippen molar-refractivity contribution in [3.63, 3.8) is 0 Å². The molecule has 110 valence electrons. The van der Waals surface area contributed by atoms with Crippen LogP contribution < -0.4 is 0 Å². The van der Waals surface area contributed by atoms with Crippen molar-refractivity contribution < 1.29 is 5.11 Å². The van der Waals surface area contributed by atoms with Crippen molar-refractivity contribution in [1.82, 2.24) is 19.2 Å². The number of hydrogen-bond acceptors (Lipinski definition) is 4. The predicted octanol–water partition coefficient (Wildman–Crippen LogP) is 3.13. The third-order valence-electron chi connectivity index (χ3n) is 4.00. The van der Waals surface area contributed by atoms with E-state index in [1.807, 2.05) is 21.5 Å². The minimum absolute atomic E-state index is 0.296. The first-order chi connectivity index (χ1) is 10.1. The van der Waals surface area contributed by atoms with Crippen molar-refractivity contribution in [2.24, 2.45) is 0 Å². The van der Waals surface area contributed by atoms with E-state index in [1.54, 1.807) is 23.9 Å². The SMILES string of the molecule is CC(C)n1cc(C(O)c2c(C3CC3)sc3cncn23)cn1. The number of aromatic nitrogens is 4. The van der Waals surface area contributed by atoms with Crippen LogP contribution in [0.3, 0.4) is 0 Å². The molecule has 6 heteroatoms. The van der Waals surface area contributed by atoms with E-state index >= 15 is 0 Å². The number of thiazole rings is 1. The molecular weight excluding hydrogens is 284 g/mol. The van der Waals surface area contributed by atoms with Gasteiger partial charge < -0.3 is 5.11 Å². The molecule has 0 saturated heterocycles. The second-order valence-corrected chi connectivity index (χ2v) is 7.04. The highest BCUT2D eigenvalue weighted by atomic mass is 32.1. The van der Waals surface area contributed by atoms with Gasteiger partial charge in [-0.1, -0.05) is 0 Å². The Kier molecular flexibility index (Phi) is 2.90. The molecule has 5 nitrogen and oxygen atoms in total. The van der Waals surface area contributed by atoms with E-state index in [-0.39, 0.29) is 0 Å². The molecule has 0 aliphatic heterocycles. The quantitative estimate of drug-likeness (QED) is 0.805. The van der Waals surface area contributed by atoms with E-state index < -0.39 is 6.10 Å². The highest BCUT2D eigenvalue weighted by Crippen LogP contribution is 2.47. The topological polar surface area (TPSA) is 55.3 Å². The average Bonchev–Trinajstić information content (AvgIpc) is 2.91. The highest BCUT2D eigenvalue weighted by Gasteiger charge is 2.32. The maximum atomic E-state index is 10.9. The molecule has 0 amide bonds. The number of imidazole rings is 1. The van der Waals surface area contributed by atoms with Gasteiger partial charge in [-0.15, -0.1) is 11.3 Å². The van der Waals surface area contributed by atoms with Crippen LogP contribution in [-0.2, 0) is 0 Å². The Morgan fingerprint density at radius 2 is 2.14 bits per heavy atom. The van der Waals surface area contributed by atoms with Crippen molar-refractivity contribution in [1.29, 1.82) is 0 Å². The van der Waals surface area contributed by atoms with Gasteiger partial charge in [-0.05, 0) is 32.6 Å². The highest BCUT2D eigenvalue weighted by molar-refractivity contribution is 7.17. The van der Waals surface area contributed by atoms with E-state index in [4.69, 9.17) is 0 Å². The molecule has 3 heterocycles. The Hall–Kier alpha value is -1.66. The molecular formula is C15H18N4OS. The van der Waals surface area contributed by atoms with E-state index in [0.29, 0.717) is 12.0 Å². The van der Waals surface area contributed by atoms with Crippen LogP contribution in [0, 0.1) is 0 Å². The van der Waals surface area contributed by atoms with Crippen LogP contribution in [0.5, 0.6) is 0 Å². The summed E-state index contributed by atoms with van der Waals surface area (Å²) in [6.07, 6.45) is 9.17. The second-order valence-electron chi connectivity index (χ2n) is 5.98. The number of rotatable bonds is 4. The lowest BCUT2D eigenvalue weighted by molar-refractivity contribution is 0.213. The number of aliphatic hydroxyl groups excluding tert-OH is 1. The zero-order valence-electron chi connectivity index (χ0n) is 12.1. The van der Waals surface area contributed by atoms with Crippen molar-refractivity contribution in [2.45, 2.75) is 44.8 Å².